The molecular formula is C31H31N4OPt-. The average Bonchev–Trinajstić information content (AvgIpc) is 3.51. The number of hydrogen-bond donors (Lipinski definition) is 1. The molecule has 0 amide bonds. The van der Waals surface area contributed by atoms with E-state index in [0.717, 1.165) is 28.3 Å². The van der Waals surface area contributed by atoms with Gasteiger partial charge in [0, 0.05) is 50.5 Å². The molecule has 5 rings (SSSR count). The first-order valence-corrected chi connectivity index (χ1v) is 12.4. The summed E-state index contributed by atoms with van der Waals surface area (Å²) in [5, 5.41) is 15.1. The third kappa shape index (κ3) is 5.06. The molecule has 0 atom stereocenters. The number of imidazole rings is 1. The number of aromatic hydroxyl groups is 1. The first kappa shape index (κ1) is 26.6. The zero-order chi connectivity index (χ0) is 25.4. The van der Waals surface area contributed by atoms with Gasteiger partial charge < -0.3 is 9.67 Å². The van der Waals surface area contributed by atoms with Crippen molar-refractivity contribution in [3.63, 3.8) is 0 Å². The summed E-state index contributed by atoms with van der Waals surface area (Å²) in [6, 6.07) is 25.4. The van der Waals surface area contributed by atoms with Crippen LogP contribution in [-0.4, -0.2) is 24.4 Å². The Morgan fingerprint density at radius 2 is 1.49 bits per heavy atom. The molecule has 0 fully saturated rings. The van der Waals surface area contributed by atoms with Crippen LogP contribution in [0.5, 0.6) is 5.75 Å². The van der Waals surface area contributed by atoms with E-state index >= 15 is 0 Å². The predicted octanol–water partition coefficient (Wildman–Crippen LogP) is 7.45. The fourth-order valence-corrected chi connectivity index (χ4v) is 4.72. The van der Waals surface area contributed by atoms with Crippen LogP contribution in [0.25, 0.3) is 34.0 Å². The molecule has 5 aromatic rings. The SMILES string of the molecule is Cc1cc(-c2[c-]c(-c3nccn3-c3c(C(C)C)cccc3C(C)C)ccc2)nn1-c1ccccc1O.[Pt]. The second kappa shape index (κ2) is 10.9. The van der Waals surface area contributed by atoms with E-state index in [0.29, 0.717) is 17.5 Å². The second-order valence-electron chi connectivity index (χ2n) is 9.76. The van der Waals surface area contributed by atoms with Gasteiger partial charge in [0.1, 0.15) is 11.4 Å². The van der Waals surface area contributed by atoms with E-state index in [4.69, 9.17) is 10.1 Å². The van der Waals surface area contributed by atoms with E-state index in [9.17, 15) is 5.11 Å². The quantitative estimate of drug-likeness (QED) is 0.191. The van der Waals surface area contributed by atoms with Crippen LogP contribution in [0.3, 0.4) is 0 Å². The van der Waals surface area contributed by atoms with Crippen LogP contribution in [0.1, 0.15) is 56.4 Å². The van der Waals surface area contributed by atoms with Crippen molar-refractivity contribution in [1.82, 2.24) is 19.3 Å². The predicted molar refractivity (Wildman–Crippen MR) is 145 cm³/mol. The van der Waals surface area contributed by atoms with Crippen LogP contribution in [-0.2, 0) is 21.1 Å². The van der Waals surface area contributed by atoms with Crippen molar-refractivity contribution in [2.45, 2.75) is 46.5 Å². The minimum absolute atomic E-state index is 0. The van der Waals surface area contributed by atoms with Crippen molar-refractivity contribution < 1.29 is 26.2 Å². The Kier molecular flexibility index (Phi) is 7.84. The molecule has 192 valence electrons. The summed E-state index contributed by atoms with van der Waals surface area (Å²) in [4.78, 5) is 4.75. The van der Waals surface area contributed by atoms with E-state index in [1.165, 1.54) is 16.8 Å². The zero-order valence-corrected chi connectivity index (χ0v) is 24.0. The van der Waals surface area contributed by atoms with Gasteiger partial charge in [-0.1, -0.05) is 69.2 Å². The van der Waals surface area contributed by atoms with Gasteiger partial charge in [-0.2, -0.15) is 0 Å². The Balaban J connectivity index is 0.00000320. The Hall–Kier alpha value is -3.43. The minimum atomic E-state index is 0. The normalized spacial score (nSPS) is 11.2. The Morgan fingerprint density at radius 3 is 2.16 bits per heavy atom. The molecule has 0 spiro atoms. The topological polar surface area (TPSA) is 55.9 Å². The van der Waals surface area contributed by atoms with Gasteiger partial charge >= 0.3 is 0 Å². The molecule has 0 bridgehead atoms. The molecular weight excluding hydrogens is 639 g/mol. The molecule has 3 aromatic carbocycles. The third-order valence-electron chi connectivity index (χ3n) is 6.53. The molecule has 37 heavy (non-hydrogen) atoms. The van der Waals surface area contributed by atoms with Crippen molar-refractivity contribution in [2.75, 3.05) is 0 Å². The number of nitrogens with zero attached hydrogens (tertiary/aromatic N) is 4. The monoisotopic (exact) mass is 670 g/mol. The summed E-state index contributed by atoms with van der Waals surface area (Å²) in [6.07, 6.45) is 3.90. The van der Waals surface area contributed by atoms with Crippen LogP contribution in [0.15, 0.2) is 79.1 Å². The number of rotatable bonds is 6. The number of hydrogen-bond acceptors (Lipinski definition) is 3. The van der Waals surface area contributed by atoms with Gasteiger partial charge in [0.25, 0.3) is 0 Å². The molecule has 0 saturated carbocycles. The van der Waals surface area contributed by atoms with Gasteiger partial charge in [0.2, 0.25) is 0 Å². The summed E-state index contributed by atoms with van der Waals surface area (Å²) >= 11 is 0. The van der Waals surface area contributed by atoms with Crippen LogP contribution < -0.4 is 0 Å². The van der Waals surface area contributed by atoms with Gasteiger partial charge in [-0.3, -0.25) is 4.98 Å². The second-order valence-corrected chi connectivity index (χ2v) is 9.76. The molecule has 2 heterocycles. The number of aromatic nitrogens is 4. The van der Waals surface area contributed by atoms with E-state index in [1.54, 1.807) is 16.8 Å². The van der Waals surface area contributed by atoms with Crippen molar-refractivity contribution in [2.24, 2.45) is 0 Å². The summed E-state index contributed by atoms with van der Waals surface area (Å²) in [6.45, 7) is 10.9. The van der Waals surface area contributed by atoms with Gasteiger partial charge in [-0.15, -0.1) is 24.3 Å². The molecule has 0 aliphatic carbocycles. The van der Waals surface area contributed by atoms with Gasteiger partial charge in [-0.25, -0.2) is 9.78 Å². The van der Waals surface area contributed by atoms with Crippen LogP contribution in [0, 0.1) is 13.0 Å². The summed E-state index contributed by atoms with van der Waals surface area (Å²) in [5.74, 6) is 1.81. The average molecular weight is 671 g/mol. The van der Waals surface area contributed by atoms with Crippen LogP contribution >= 0.6 is 0 Å². The Labute approximate surface area is 233 Å². The van der Waals surface area contributed by atoms with Crippen molar-refractivity contribution in [1.29, 1.82) is 0 Å². The van der Waals surface area contributed by atoms with Gasteiger partial charge in [-0.05, 0) is 48.1 Å². The molecule has 5 nitrogen and oxygen atoms in total. The third-order valence-corrected chi connectivity index (χ3v) is 6.53. The maximum absolute atomic E-state index is 10.3. The fraction of sp³-hybridized carbons (Fsp3) is 0.226. The van der Waals surface area contributed by atoms with Crippen molar-refractivity contribution >= 4 is 0 Å². The minimum Gasteiger partial charge on any atom is -0.506 e. The van der Waals surface area contributed by atoms with Crippen molar-refractivity contribution in [3.05, 3.63) is 102 Å². The first-order valence-electron chi connectivity index (χ1n) is 12.4. The van der Waals surface area contributed by atoms with E-state index < -0.39 is 0 Å². The largest absolute Gasteiger partial charge is 0.506 e. The number of aryl methyl sites for hydroxylation is 1. The van der Waals surface area contributed by atoms with E-state index in [2.05, 4.69) is 56.5 Å². The first-order chi connectivity index (χ1) is 17.3. The van der Waals surface area contributed by atoms with Crippen LogP contribution in [0.4, 0.5) is 0 Å². The van der Waals surface area contributed by atoms with Crippen LogP contribution in [0.2, 0.25) is 0 Å². The standard InChI is InChI=1S/C31H31N4O.Pt/c1-20(2)25-12-9-13-26(21(3)4)30(25)34-17-16-32-31(34)24-11-8-10-23(19-24)27-18-22(5)35(33-27)28-14-6-7-15-29(28)36;/h6-18,20-21,36H,1-5H3;/q-1;. The maximum atomic E-state index is 10.3. The molecule has 0 aliphatic rings. The smallest absolute Gasteiger partial charge is 0.141 e. The van der Waals surface area contributed by atoms with Gasteiger partial charge in [0.05, 0.1) is 5.82 Å². The molecule has 0 saturated heterocycles. The fourth-order valence-electron chi connectivity index (χ4n) is 4.72. The Bertz CT molecular complexity index is 1500. The number of phenolic OH excluding ortho intramolecular Hbond substituents is 1. The number of benzene rings is 3. The van der Waals surface area contributed by atoms with E-state index in [-0.39, 0.29) is 26.8 Å². The number of para-hydroxylation sites is 3. The molecule has 0 radical (unpaired) electrons. The van der Waals surface area contributed by atoms with Gasteiger partial charge in [0.15, 0.2) is 0 Å². The zero-order valence-electron chi connectivity index (χ0n) is 21.7. The van der Waals surface area contributed by atoms with Crippen molar-refractivity contribution in [3.8, 4) is 39.8 Å². The summed E-state index contributed by atoms with van der Waals surface area (Å²) in [7, 11) is 0. The number of phenols is 1. The molecule has 6 heteroatoms. The molecule has 1 N–H and O–H groups in total. The molecule has 2 aromatic heterocycles. The molecule has 0 unspecified atom stereocenters. The van der Waals surface area contributed by atoms with E-state index in [1.807, 2.05) is 55.7 Å². The maximum Gasteiger partial charge on any atom is 0.141 e. The Morgan fingerprint density at radius 1 is 0.838 bits per heavy atom. The summed E-state index contributed by atoms with van der Waals surface area (Å²) in [5.41, 5.74) is 7.96. The summed E-state index contributed by atoms with van der Waals surface area (Å²) < 4.78 is 3.96. The molecule has 0 aliphatic heterocycles.